The van der Waals surface area contributed by atoms with E-state index in [0.29, 0.717) is 11.3 Å². The second-order valence-electron chi connectivity index (χ2n) is 10.1. The van der Waals surface area contributed by atoms with E-state index in [0.717, 1.165) is 37.0 Å². The minimum Gasteiger partial charge on any atom is -0.394 e. The number of rotatable bonds is 2. The molecule has 8 unspecified atom stereocenters. The lowest BCUT2D eigenvalue weighted by atomic mass is 9.44. The first-order valence-corrected chi connectivity index (χ1v) is 10.4. The van der Waals surface area contributed by atoms with E-state index in [-0.39, 0.29) is 24.0 Å². The van der Waals surface area contributed by atoms with E-state index in [9.17, 15) is 15.3 Å². The second-order valence-corrected chi connectivity index (χ2v) is 10.1. The summed E-state index contributed by atoms with van der Waals surface area (Å²) in [6.07, 6.45) is 10.0. The fraction of sp³-hybridized carbons (Fsp3) is 1.00. The van der Waals surface area contributed by atoms with Crippen molar-refractivity contribution in [2.45, 2.75) is 83.8 Å². The van der Waals surface area contributed by atoms with Gasteiger partial charge in [-0.05, 0) is 98.2 Å². The summed E-state index contributed by atoms with van der Waals surface area (Å²) in [5, 5.41) is 29.9. The molecule has 0 bridgehead atoms. The monoisotopic (exact) mass is 336 g/mol. The number of hydrogen-bond acceptors (Lipinski definition) is 3. The van der Waals surface area contributed by atoms with Gasteiger partial charge in [-0.1, -0.05) is 13.8 Å². The summed E-state index contributed by atoms with van der Waals surface area (Å²) in [6.45, 7) is 4.85. The lowest BCUT2D eigenvalue weighted by Gasteiger charge is -2.61. The largest absolute Gasteiger partial charge is 0.394 e. The van der Waals surface area contributed by atoms with Crippen molar-refractivity contribution in [2.75, 3.05) is 6.61 Å². The summed E-state index contributed by atoms with van der Waals surface area (Å²) < 4.78 is 0. The summed E-state index contributed by atoms with van der Waals surface area (Å²) in [7, 11) is 0. The molecule has 0 aromatic carbocycles. The minimum atomic E-state index is -0.534. The van der Waals surface area contributed by atoms with E-state index in [2.05, 4.69) is 13.8 Å². The number of aliphatic hydroxyl groups excluding tert-OH is 3. The van der Waals surface area contributed by atoms with Gasteiger partial charge in [0.1, 0.15) is 0 Å². The molecule has 4 aliphatic carbocycles. The molecule has 138 valence electrons. The van der Waals surface area contributed by atoms with Crippen LogP contribution in [0.4, 0.5) is 0 Å². The third-order valence-corrected chi connectivity index (χ3v) is 9.36. The molecule has 3 heteroatoms. The Morgan fingerprint density at radius 2 is 1.62 bits per heavy atom. The van der Waals surface area contributed by atoms with Crippen LogP contribution in [0.15, 0.2) is 0 Å². The Labute approximate surface area is 146 Å². The second kappa shape index (κ2) is 5.96. The van der Waals surface area contributed by atoms with E-state index >= 15 is 0 Å². The smallest absolute Gasteiger partial charge is 0.0804 e. The summed E-state index contributed by atoms with van der Waals surface area (Å²) in [6, 6.07) is 0. The summed E-state index contributed by atoms with van der Waals surface area (Å²) >= 11 is 0. The standard InChI is InChI=1S/C21H36O3/c1-20-9-7-14(23)11-13(20)3-4-15-16-5-6-18(19(24)12-22)21(16,2)10-8-17(15)20/h13-19,22-24H,3-12H2,1-2H3/t13?,14?,15?,16?,17?,18-,19?,20?,21?/m1/s1. The van der Waals surface area contributed by atoms with Gasteiger partial charge in [0.05, 0.1) is 18.8 Å². The molecular weight excluding hydrogens is 300 g/mol. The van der Waals surface area contributed by atoms with Crippen molar-refractivity contribution in [2.24, 2.45) is 40.4 Å². The maximum absolute atomic E-state index is 10.3. The number of aliphatic hydroxyl groups is 3. The zero-order chi connectivity index (χ0) is 17.1. The Kier molecular flexibility index (Phi) is 4.29. The summed E-state index contributed by atoms with van der Waals surface area (Å²) in [4.78, 5) is 0. The van der Waals surface area contributed by atoms with Gasteiger partial charge in [0.15, 0.2) is 0 Å². The zero-order valence-corrected chi connectivity index (χ0v) is 15.5. The first-order valence-electron chi connectivity index (χ1n) is 10.4. The van der Waals surface area contributed by atoms with Crippen molar-refractivity contribution >= 4 is 0 Å². The van der Waals surface area contributed by atoms with Gasteiger partial charge < -0.3 is 15.3 Å². The van der Waals surface area contributed by atoms with Crippen LogP contribution in [-0.4, -0.2) is 34.1 Å². The third-order valence-electron chi connectivity index (χ3n) is 9.36. The molecule has 0 heterocycles. The fourth-order valence-electron chi connectivity index (χ4n) is 8.04. The predicted molar refractivity (Wildman–Crippen MR) is 94.3 cm³/mol. The molecule has 4 aliphatic rings. The molecule has 4 rings (SSSR count). The lowest BCUT2D eigenvalue weighted by molar-refractivity contribution is -0.134. The molecule has 0 aliphatic heterocycles. The highest BCUT2D eigenvalue weighted by Crippen LogP contribution is 2.67. The van der Waals surface area contributed by atoms with E-state index in [1.165, 1.54) is 38.5 Å². The third kappa shape index (κ3) is 2.34. The van der Waals surface area contributed by atoms with Crippen LogP contribution in [0.3, 0.4) is 0 Å². The molecular formula is C21H36O3. The Morgan fingerprint density at radius 1 is 0.917 bits per heavy atom. The minimum absolute atomic E-state index is 0.0657. The molecule has 24 heavy (non-hydrogen) atoms. The Morgan fingerprint density at radius 3 is 2.38 bits per heavy atom. The van der Waals surface area contributed by atoms with Gasteiger partial charge in [-0.15, -0.1) is 0 Å². The van der Waals surface area contributed by atoms with Crippen LogP contribution in [0.1, 0.15) is 71.6 Å². The highest BCUT2D eigenvalue weighted by atomic mass is 16.3. The van der Waals surface area contributed by atoms with Crippen molar-refractivity contribution in [1.82, 2.24) is 0 Å². The Hall–Kier alpha value is -0.120. The van der Waals surface area contributed by atoms with Crippen LogP contribution in [0, 0.1) is 40.4 Å². The van der Waals surface area contributed by atoms with Crippen LogP contribution < -0.4 is 0 Å². The van der Waals surface area contributed by atoms with Crippen LogP contribution in [0.2, 0.25) is 0 Å². The molecule has 4 saturated carbocycles. The highest BCUT2D eigenvalue weighted by Gasteiger charge is 2.60. The topological polar surface area (TPSA) is 60.7 Å². The van der Waals surface area contributed by atoms with Gasteiger partial charge in [0, 0.05) is 0 Å². The zero-order valence-electron chi connectivity index (χ0n) is 15.5. The SMILES string of the molecule is CC12CCC(O)CC1CCC1C2CCC2(C)C1CC[C@@H]2C(O)CO. The molecule has 0 amide bonds. The van der Waals surface area contributed by atoms with Crippen molar-refractivity contribution in [3.8, 4) is 0 Å². The van der Waals surface area contributed by atoms with Crippen LogP contribution in [0.25, 0.3) is 0 Å². The van der Waals surface area contributed by atoms with Crippen molar-refractivity contribution < 1.29 is 15.3 Å². The quantitative estimate of drug-likeness (QED) is 0.724. The van der Waals surface area contributed by atoms with Gasteiger partial charge in [-0.2, -0.15) is 0 Å². The Balaban J connectivity index is 1.59. The van der Waals surface area contributed by atoms with E-state index in [4.69, 9.17) is 0 Å². The predicted octanol–water partition coefficient (Wildman–Crippen LogP) is 3.36. The van der Waals surface area contributed by atoms with Crippen molar-refractivity contribution in [3.05, 3.63) is 0 Å². The molecule has 4 fully saturated rings. The summed E-state index contributed by atoms with van der Waals surface area (Å²) in [5.74, 6) is 3.34. The normalized spacial score (nSPS) is 55.4. The molecule has 0 spiro atoms. The average molecular weight is 337 g/mol. The maximum Gasteiger partial charge on any atom is 0.0804 e. The van der Waals surface area contributed by atoms with E-state index in [1.807, 2.05) is 0 Å². The highest BCUT2D eigenvalue weighted by molar-refractivity contribution is 5.10. The molecule has 0 aromatic heterocycles. The first kappa shape index (κ1) is 17.3. The maximum atomic E-state index is 10.3. The Bertz CT molecular complexity index is 480. The van der Waals surface area contributed by atoms with Crippen LogP contribution >= 0.6 is 0 Å². The lowest BCUT2D eigenvalue weighted by Crippen LogP contribution is -2.54. The number of hydrogen-bond donors (Lipinski definition) is 3. The molecule has 0 radical (unpaired) electrons. The van der Waals surface area contributed by atoms with Gasteiger partial charge in [-0.25, -0.2) is 0 Å². The molecule has 0 aromatic rings. The number of fused-ring (bicyclic) bond motifs is 5. The fourth-order valence-corrected chi connectivity index (χ4v) is 8.04. The van der Waals surface area contributed by atoms with Crippen molar-refractivity contribution in [3.63, 3.8) is 0 Å². The van der Waals surface area contributed by atoms with E-state index in [1.54, 1.807) is 0 Å². The van der Waals surface area contributed by atoms with Gasteiger partial charge in [0.2, 0.25) is 0 Å². The molecule has 0 saturated heterocycles. The molecule has 9 atom stereocenters. The summed E-state index contributed by atoms with van der Waals surface area (Å²) in [5.41, 5.74) is 0.651. The van der Waals surface area contributed by atoms with Gasteiger partial charge in [0.25, 0.3) is 0 Å². The average Bonchev–Trinajstić information content (AvgIpc) is 2.92. The van der Waals surface area contributed by atoms with Gasteiger partial charge >= 0.3 is 0 Å². The van der Waals surface area contributed by atoms with Crippen molar-refractivity contribution in [1.29, 1.82) is 0 Å². The van der Waals surface area contributed by atoms with Crippen LogP contribution in [0.5, 0.6) is 0 Å². The van der Waals surface area contributed by atoms with Crippen LogP contribution in [-0.2, 0) is 0 Å². The van der Waals surface area contributed by atoms with Gasteiger partial charge in [-0.3, -0.25) is 0 Å². The molecule has 3 N–H and O–H groups in total. The van der Waals surface area contributed by atoms with E-state index < -0.39 is 6.10 Å². The first-order chi connectivity index (χ1) is 11.4. The molecule has 3 nitrogen and oxygen atoms in total.